The molecule has 2 aromatic carbocycles. The molecule has 0 radical (unpaired) electrons. The van der Waals surface area contributed by atoms with Gasteiger partial charge in [0.25, 0.3) is 0 Å². The molecule has 144 valence electrons. The van der Waals surface area contributed by atoms with Crippen LogP contribution in [0.25, 0.3) is 0 Å². The first-order valence-corrected chi connectivity index (χ1v) is 9.02. The summed E-state index contributed by atoms with van der Waals surface area (Å²) >= 11 is 0. The van der Waals surface area contributed by atoms with E-state index in [9.17, 15) is 4.79 Å². The summed E-state index contributed by atoms with van der Waals surface area (Å²) in [6.07, 6.45) is 3.68. The monoisotopic (exact) mass is 478 g/mol. The molecule has 0 heterocycles. The summed E-state index contributed by atoms with van der Waals surface area (Å²) < 4.78 is 0. The number of nitrogens with two attached hydrogens (primary N) is 1. The van der Waals surface area contributed by atoms with Gasteiger partial charge in [0.1, 0.15) is 0 Å². The maximum Gasteiger partial charge on any atom is 0.248 e. The van der Waals surface area contributed by atoms with Gasteiger partial charge in [0.05, 0.1) is 0 Å². The van der Waals surface area contributed by atoms with Crippen molar-refractivity contribution in [3.63, 3.8) is 0 Å². The summed E-state index contributed by atoms with van der Waals surface area (Å²) in [5.41, 5.74) is 8.47. The summed E-state index contributed by atoms with van der Waals surface area (Å²) in [6.45, 7) is 1.51. The van der Waals surface area contributed by atoms with Crippen LogP contribution in [0.5, 0.6) is 0 Å². The molecule has 2 aromatic rings. The Hall–Kier alpha value is -2.09. The highest BCUT2D eigenvalue weighted by molar-refractivity contribution is 14.0. The zero-order valence-electron chi connectivity index (χ0n) is 15.6. The van der Waals surface area contributed by atoms with Gasteiger partial charge in [0.2, 0.25) is 5.91 Å². The van der Waals surface area contributed by atoms with Crippen molar-refractivity contribution in [1.29, 1.82) is 0 Å². The molecule has 0 spiro atoms. The lowest BCUT2D eigenvalue weighted by atomic mass is 9.64. The molecule has 0 saturated heterocycles. The van der Waals surface area contributed by atoms with Gasteiger partial charge >= 0.3 is 0 Å². The molecule has 0 atom stereocenters. The van der Waals surface area contributed by atoms with Gasteiger partial charge in [-0.2, -0.15) is 0 Å². The van der Waals surface area contributed by atoms with Crippen LogP contribution in [0.3, 0.4) is 0 Å². The Morgan fingerprint density at radius 3 is 2.26 bits per heavy atom. The van der Waals surface area contributed by atoms with Gasteiger partial charge in [-0.3, -0.25) is 9.79 Å². The highest BCUT2D eigenvalue weighted by atomic mass is 127. The molecule has 0 aromatic heterocycles. The van der Waals surface area contributed by atoms with Gasteiger partial charge < -0.3 is 16.4 Å². The lowest BCUT2D eigenvalue weighted by Gasteiger charge is -2.43. The second-order valence-corrected chi connectivity index (χ2v) is 6.84. The van der Waals surface area contributed by atoms with Crippen LogP contribution < -0.4 is 16.4 Å². The van der Waals surface area contributed by atoms with Gasteiger partial charge in [-0.15, -0.1) is 24.0 Å². The third kappa shape index (κ3) is 5.22. The van der Waals surface area contributed by atoms with Crippen molar-refractivity contribution in [2.24, 2.45) is 10.7 Å². The SMILES string of the molecule is CN=C(NCc1ccc(C(N)=O)cc1)NCC1(c2ccccc2)CCC1.I. The number of nitrogens with one attached hydrogen (secondary N) is 2. The molecule has 1 fully saturated rings. The predicted octanol–water partition coefficient (Wildman–Crippen LogP) is 3.19. The number of benzene rings is 2. The Morgan fingerprint density at radius 1 is 1.07 bits per heavy atom. The topological polar surface area (TPSA) is 79.5 Å². The Kier molecular flexibility index (Phi) is 7.65. The van der Waals surface area contributed by atoms with Gasteiger partial charge in [-0.1, -0.05) is 48.9 Å². The number of hydrogen-bond donors (Lipinski definition) is 3. The minimum Gasteiger partial charge on any atom is -0.366 e. The Balaban J connectivity index is 0.00000261. The fourth-order valence-corrected chi connectivity index (χ4v) is 3.41. The van der Waals surface area contributed by atoms with Crippen LogP contribution in [-0.4, -0.2) is 25.5 Å². The van der Waals surface area contributed by atoms with E-state index in [4.69, 9.17) is 5.73 Å². The molecule has 3 rings (SSSR count). The average Bonchev–Trinajstić information content (AvgIpc) is 2.64. The van der Waals surface area contributed by atoms with E-state index >= 15 is 0 Å². The van der Waals surface area contributed by atoms with E-state index in [1.165, 1.54) is 24.8 Å². The zero-order chi connectivity index (χ0) is 18.4. The highest BCUT2D eigenvalue weighted by Gasteiger charge is 2.38. The van der Waals surface area contributed by atoms with Crippen LogP contribution in [0, 0.1) is 0 Å². The first-order valence-electron chi connectivity index (χ1n) is 9.02. The number of guanidine groups is 1. The maximum absolute atomic E-state index is 11.1. The zero-order valence-corrected chi connectivity index (χ0v) is 17.9. The van der Waals surface area contributed by atoms with Crippen molar-refractivity contribution in [3.05, 3.63) is 71.3 Å². The number of amides is 1. The van der Waals surface area contributed by atoms with Crippen LogP contribution in [0.15, 0.2) is 59.6 Å². The van der Waals surface area contributed by atoms with Gasteiger partial charge in [0, 0.05) is 31.1 Å². The van der Waals surface area contributed by atoms with E-state index in [0.717, 1.165) is 18.1 Å². The van der Waals surface area contributed by atoms with Crippen LogP contribution in [0.1, 0.15) is 40.7 Å². The molecule has 27 heavy (non-hydrogen) atoms. The Bertz CT molecular complexity index is 771. The third-order valence-corrected chi connectivity index (χ3v) is 5.21. The second-order valence-electron chi connectivity index (χ2n) is 6.84. The smallest absolute Gasteiger partial charge is 0.248 e. The van der Waals surface area contributed by atoms with Crippen molar-refractivity contribution >= 4 is 35.8 Å². The number of nitrogens with zero attached hydrogens (tertiary/aromatic N) is 1. The van der Waals surface area contributed by atoms with E-state index < -0.39 is 5.91 Å². The molecule has 1 aliphatic carbocycles. The molecular formula is C21H27IN4O. The predicted molar refractivity (Wildman–Crippen MR) is 121 cm³/mol. The molecule has 1 saturated carbocycles. The van der Waals surface area contributed by atoms with E-state index in [0.29, 0.717) is 12.1 Å². The molecule has 5 nitrogen and oxygen atoms in total. The summed E-state index contributed by atoms with van der Waals surface area (Å²) in [4.78, 5) is 15.5. The number of carbonyl (C=O) groups excluding carboxylic acids is 1. The summed E-state index contributed by atoms with van der Waals surface area (Å²) in [5.74, 6) is 0.375. The van der Waals surface area contributed by atoms with E-state index in [2.05, 4.69) is 46.0 Å². The van der Waals surface area contributed by atoms with Gasteiger partial charge in [-0.05, 0) is 36.1 Å². The van der Waals surface area contributed by atoms with Crippen molar-refractivity contribution in [3.8, 4) is 0 Å². The lowest BCUT2D eigenvalue weighted by molar-refractivity contribution is 0.100. The number of primary amides is 1. The standard InChI is InChI=1S/C21H26N4O.HI/c1-23-20(24-14-16-8-10-17(11-9-16)19(22)26)25-15-21(12-5-13-21)18-6-3-2-4-7-18;/h2-4,6-11H,5,12-15H2,1H3,(H2,22,26)(H2,23,24,25);1H. The first-order chi connectivity index (χ1) is 12.6. The third-order valence-electron chi connectivity index (χ3n) is 5.21. The minimum atomic E-state index is -0.409. The van der Waals surface area contributed by atoms with Crippen LogP contribution in [0.4, 0.5) is 0 Å². The number of hydrogen-bond acceptors (Lipinski definition) is 2. The molecule has 0 aliphatic heterocycles. The number of halogens is 1. The fraction of sp³-hybridized carbons (Fsp3) is 0.333. The van der Waals surface area contributed by atoms with Crippen LogP contribution in [-0.2, 0) is 12.0 Å². The number of aliphatic imine (C=N–C) groups is 1. The van der Waals surface area contributed by atoms with E-state index in [1.54, 1.807) is 19.2 Å². The van der Waals surface area contributed by atoms with Crippen molar-refractivity contribution in [2.75, 3.05) is 13.6 Å². The lowest BCUT2D eigenvalue weighted by Crippen LogP contribution is -2.48. The van der Waals surface area contributed by atoms with E-state index in [1.807, 2.05) is 12.1 Å². The molecule has 4 N–H and O–H groups in total. The number of rotatable bonds is 6. The Morgan fingerprint density at radius 2 is 1.74 bits per heavy atom. The fourth-order valence-electron chi connectivity index (χ4n) is 3.41. The van der Waals surface area contributed by atoms with Crippen LogP contribution >= 0.6 is 24.0 Å². The molecule has 0 unspecified atom stereocenters. The second kappa shape index (κ2) is 9.73. The maximum atomic E-state index is 11.1. The van der Waals surface area contributed by atoms with Crippen molar-refractivity contribution in [1.82, 2.24) is 10.6 Å². The summed E-state index contributed by atoms with van der Waals surface area (Å²) in [5, 5.41) is 6.80. The van der Waals surface area contributed by atoms with Crippen molar-refractivity contribution in [2.45, 2.75) is 31.2 Å². The summed E-state index contributed by atoms with van der Waals surface area (Å²) in [7, 11) is 1.78. The van der Waals surface area contributed by atoms with Crippen molar-refractivity contribution < 1.29 is 4.79 Å². The van der Waals surface area contributed by atoms with E-state index in [-0.39, 0.29) is 29.4 Å². The molecular weight excluding hydrogens is 451 g/mol. The minimum absolute atomic E-state index is 0. The summed E-state index contributed by atoms with van der Waals surface area (Å²) in [6, 6.07) is 18.0. The Labute approximate surface area is 177 Å². The molecule has 6 heteroatoms. The van der Waals surface area contributed by atoms with Gasteiger partial charge in [-0.25, -0.2) is 0 Å². The first kappa shape index (κ1) is 21.2. The average molecular weight is 478 g/mol. The quantitative estimate of drug-likeness (QED) is 0.339. The van der Waals surface area contributed by atoms with Crippen LogP contribution in [0.2, 0.25) is 0 Å². The number of carbonyl (C=O) groups is 1. The normalized spacial score (nSPS) is 15.2. The highest BCUT2D eigenvalue weighted by Crippen LogP contribution is 2.43. The largest absolute Gasteiger partial charge is 0.366 e. The van der Waals surface area contributed by atoms with Gasteiger partial charge in [0.15, 0.2) is 5.96 Å². The molecule has 1 amide bonds. The molecule has 1 aliphatic rings. The molecule has 0 bridgehead atoms.